The Balaban J connectivity index is 2.40. The van der Waals surface area contributed by atoms with Gasteiger partial charge in [-0.05, 0) is 37.6 Å². The first-order valence-corrected chi connectivity index (χ1v) is 6.49. The van der Waals surface area contributed by atoms with Gasteiger partial charge in [-0.2, -0.15) is 0 Å². The van der Waals surface area contributed by atoms with Gasteiger partial charge in [-0.25, -0.2) is 13.2 Å². The van der Waals surface area contributed by atoms with Crippen LogP contribution < -0.4 is 10.1 Å². The van der Waals surface area contributed by atoms with Crippen LogP contribution in [0.4, 0.5) is 18.9 Å². The van der Waals surface area contributed by atoms with Crippen molar-refractivity contribution in [3.63, 3.8) is 0 Å². The van der Waals surface area contributed by atoms with E-state index in [1.54, 1.807) is 13.0 Å². The Morgan fingerprint density at radius 3 is 2.43 bits per heavy atom. The van der Waals surface area contributed by atoms with E-state index >= 15 is 0 Å². The third-order valence-electron chi connectivity index (χ3n) is 3.31. The second-order valence-electron chi connectivity index (χ2n) is 4.78. The minimum Gasteiger partial charge on any atom is -0.496 e. The average molecular weight is 295 g/mol. The van der Waals surface area contributed by atoms with Crippen LogP contribution in [0.2, 0.25) is 0 Å². The van der Waals surface area contributed by atoms with Crippen LogP contribution in [0.5, 0.6) is 5.75 Å². The lowest BCUT2D eigenvalue weighted by Crippen LogP contribution is -2.13. The van der Waals surface area contributed by atoms with E-state index in [0.717, 1.165) is 0 Å². The van der Waals surface area contributed by atoms with Gasteiger partial charge in [-0.15, -0.1) is 0 Å². The first-order valence-electron chi connectivity index (χ1n) is 6.49. The van der Waals surface area contributed by atoms with Crippen LogP contribution in [0, 0.1) is 24.4 Å². The summed E-state index contributed by atoms with van der Waals surface area (Å²) >= 11 is 0. The molecule has 2 rings (SSSR count). The second kappa shape index (κ2) is 6.08. The van der Waals surface area contributed by atoms with Crippen molar-refractivity contribution in [1.29, 1.82) is 0 Å². The van der Waals surface area contributed by atoms with E-state index in [1.165, 1.54) is 38.3 Å². The summed E-state index contributed by atoms with van der Waals surface area (Å²) < 4.78 is 46.8. The Labute approximate surface area is 121 Å². The van der Waals surface area contributed by atoms with E-state index in [9.17, 15) is 13.2 Å². The largest absolute Gasteiger partial charge is 0.496 e. The van der Waals surface area contributed by atoms with Crippen LogP contribution in [0.25, 0.3) is 0 Å². The molecule has 0 aliphatic heterocycles. The molecule has 0 saturated heterocycles. The summed E-state index contributed by atoms with van der Waals surface area (Å²) in [5.74, 6) is -1.58. The van der Waals surface area contributed by atoms with Gasteiger partial charge in [0.15, 0.2) is 5.82 Å². The van der Waals surface area contributed by atoms with Crippen molar-refractivity contribution in [2.75, 3.05) is 12.4 Å². The van der Waals surface area contributed by atoms with Crippen LogP contribution >= 0.6 is 0 Å². The second-order valence-corrected chi connectivity index (χ2v) is 4.78. The number of nitrogens with one attached hydrogen (secondary N) is 1. The maximum atomic E-state index is 14.0. The van der Waals surface area contributed by atoms with Gasteiger partial charge >= 0.3 is 0 Å². The number of hydrogen-bond acceptors (Lipinski definition) is 2. The van der Waals surface area contributed by atoms with Gasteiger partial charge in [0.25, 0.3) is 0 Å². The van der Waals surface area contributed by atoms with Crippen LogP contribution in [0.15, 0.2) is 30.3 Å². The molecule has 0 aliphatic rings. The summed E-state index contributed by atoms with van der Waals surface area (Å²) in [7, 11) is 1.42. The number of anilines is 1. The summed E-state index contributed by atoms with van der Waals surface area (Å²) in [4.78, 5) is 0. The standard InChI is InChI=1S/C16H16F3NO/c1-9-7-8-12(18)16(15(9)19)20-10(2)14-11(17)5-4-6-13(14)21-3/h4-8,10,20H,1-3H3. The molecule has 0 radical (unpaired) electrons. The van der Waals surface area contributed by atoms with Crippen molar-refractivity contribution in [3.8, 4) is 5.75 Å². The highest BCUT2D eigenvalue weighted by atomic mass is 19.1. The number of ether oxygens (including phenoxy) is 1. The van der Waals surface area contributed by atoms with Gasteiger partial charge < -0.3 is 10.1 Å². The molecule has 2 nitrogen and oxygen atoms in total. The summed E-state index contributed by atoms with van der Waals surface area (Å²) in [5.41, 5.74) is 0.264. The summed E-state index contributed by atoms with van der Waals surface area (Å²) in [6, 6.07) is 6.25. The van der Waals surface area contributed by atoms with E-state index in [1.807, 2.05) is 0 Å². The van der Waals surface area contributed by atoms with Gasteiger partial charge in [-0.3, -0.25) is 0 Å². The summed E-state index contributed by atoms with van der Waals surface area (Å²) in [5, 5.41) is 2.68. The zero-order valence-electron chi connectivity index (χ0n) is 12.0. The number of hydrogen-bond donors (Lipinski definition) is 1. The van der Waals surface area contributed by atoms with Crippen LogP contribution in [0.3, 0.4) is 0 Å². The van der Waals surface area contributed by atoms with E-state index < -0.39 is 23.5 Å². The van der Waals surface area contributed by atoms with E-state index in [-0.39, 0.29) is 11.3 Å². The number of halogens is 3. The smallest absolute Gasteiger partial charge is 0.152 e. The lowest BCUT2D eigenvalue weighted by Gasteiger charge is -2.20. The van der Waals surface area contributed by atoms with E-state index in [4.69, 9.17) is 4.74 Å². The molecule has 21 heavy (non-hydrogen) atoms. The predicted octanol–water partition coefficient (Wildman–Crippen LogP) is 4.59. The lowest BCUT2D eigenvalue weighted by molar-refractivity contribution is 0.402. The van der Waals surface area contributed by atoms with Crippen molar-refractivity contribution in [2.45, 2.75) is 19.9 Å². The molecule has 1 N–H and O–H groups in total. The van der Waals surface area contributed by atoms with Gasteiger partial charge in [-0.1, -0.05) is 12.1 Å². The molecular formula is C16H16F3NO. The fraction of sp³-hybridized carbons (Fsp3) is 0.250. The third-order valence-corrected chi connectivity index (χ3v) is 3.31. The average Bonchev–Trinajstić information content (AvgIpc) is 2.47. The van der Waals surface area contributed by atoms with Gasteiger partial charge in [0.2, 0.25) is 0 Å². The summed E-state index contributed by atoms with van der Waals surface area (Å²) in [6.07, 6.45) is 0. The van der Waals surface area contributed by atoms with Gasteiger partial charge in [0.1, 0.15) is 23.1 Å². The topological polar surface area (TPSA) is 21.3 Å². The van der Waals surface area contributed by atoms with Crippen molar-refractivity contribution in [1.82, 2.24) is 0 Å². The van der Waals surface area contributed by atoms with Crippen molar-refractivity contribution in [2.24, 2.45) is 0 Å². The number of methoxy groups -OCH3 is 1. The Hall–Kier alpha value is -2.17. The summed E-state index contributed by atoms with van der Waals surface area (Å²) in [6.45, 7) is 3.15. The third kappa shape index (κ3) is 2.96. The molecule has 2 aromatic carbocycles. The molecule has 112 valence electrons. The number of aryl methyl sites for hydroxylation is 1. The lowest BCUT2D eigenvalue weighted by atomic mass is 10.1. The molecule has 5 heteroatoms. The maximum absolute atomic E-state index is 14.0. The maximum Gasteiger partial charge on any atom is 0.152 e. The Morgan fingerprint density at radius 1 is 1.05 bits per heavy atom. The first-order chi connectivity index (χ1) is 9.95. The van der Waals surface area contributed by atoms with Gasteiger partial charge in [0.05, 0.1) is 18.7 Å². The molecular weight excluding hydrogens is 279 g/mol. The van der Waals surface area contributed by atoms with E-state index in [2.05, 4.69) is 5.32 Å². The predicted molar refractivity (Wildman–Crippen MR) is 76.1 cm³/mol. The molecule has 0 heterocycles. The van der Waals surface area contributed by atoms with E-state index in [0.29, 0.717) is 11.3 Å². The molecule has 0 bridgehead atoms. The van der Waals surface area contributed by atoms with Crippen molar-refractivity contribution >= 4 is 5.69 Å². The van der Waals surface area contributed by atoms with Crippen LogP contribution in [0.1, 0.15) is 24.1 Å². The minimum atomic E-state index is -0.722. The van der Waals surface area contributed by atoms with Crippen molar-refractivity contribution < 1.29 is 17.9 Å². The molecule has 0 fully saturated rings. The van der Waals surface area contributed by atoms with Gasteiger partial charge in [0, 0.05) is 0 Å². The molecule has 0 spiro atoms. The van der Waals surface area contributed by atoms with Crippen molar-refractivity contribution in [3.05, 3.63) is 58.9 Å². The highest BCUT2D eigenvalue weighted by Gasteiger charge is 2.20. The molecule has 0 saturated carbocycles. The Morgan fingerprint density at radius 2 is 1.76 bits per heavy atom. The minimum absolute atomic E-state index is 0.223. The van der Waals surface area contributed by atoms with Crippen LogP contribution in [-0.2, 0) is 0 Å². The highest BCUT2D eigenvalue weighted by molar-refractivity contribution is 5.52. The highest BCUT2D eigenvalue weighted by Crippen LogP contribution is 2.32. The number of benzene rings is 2. The van der Waals surface area contributed by atoms with Crippen LogP contribution in [-0.4, -0.2) is 7.11 Å². The molecule has 2 aromatic rings. The zero-order valence-corrected chi connectivity index (χ0v) is 12.0. The first kappa shape index (κ1) is 15.2. The SMILES string of the molecule is COc1cccc(F)c1C(C)Nc1c(F)ccc(C)c1F. The zero-order chi connectivity index (χ0) is 15.6. The molecule has 0 aliphatic carbocycles. The molecule has 0 aromatic heterocycles. The normalized spacial score (nSPS) is 12.1. The Kier molecular flexibility index (Phi) is 4.40. The number of rotatable bonds is 4. The molecule has 0 amide bonds. The molecule has 1 unspecified atom stereocenters. The monoisotopic (exact) mass is 295 g/mol. The fourth-order valence-corrected chi connectivity index (χ4v) is 2.19. The molecule has 1 atom stereocenters. The quantitative estimate of drug-likeness (QED) is 0.890. The Bertz CT molecular complexity index is 658. The fourth-order valence-electron chi connectivity index (χ4n) is 2.19.